The Bertz CT molecular complexity index is 622. The van der Waals surface area contributed by atoms with Crippen LogP contribution in [0.2, 0.25) is 0 Å². The van der Waals surface area contributed by atoms with Crippen LogP contribution in [-0.4, -0.2) is 23.6 Å². The van der Waals surface area contributed by atoms with Crippen LogP contribution in [0.1, 0.15) is 19.5 Å². The summed E-state index contributed by atoms with van der Waals surface area (Å²) in [4.78, 5) is 22.6. The van der Waals surface area contributed by atoms with E-state index >= 15 is 0 Å². The van der Waals surface area contributed by atoms with E-state index in [2.05, 4.69) is 14.7 Å². The van der Waals surface area contributed by atoms with Crippen LogP contribution in [0.15, 0.2) is 18.2 Å². The van der Waals surface area contributed by atoms with Gasteiger partial charge in [0.15, 0.2) is 11.8 Å². The lowest BCUT2D eigenvalue weighted by Gasteiger charge is -2.21. The van der Waals surface area contributed by atoms with Gasteiger partial charge in [-0.25, -0.2) is 6.57 Å². The summed E-state index contributed by atoms with van der Waals surface area (Å²) in [6.07, 6.45) is 0. The molecular formula is C14H12N4O2. The third-order valence-electron chi connectivity index (χ3n) is 2.88. The molecule has 6 heteroatoms. The molecule has 0 fully saturated rings. The van der Waals surface area contributed by atoms with E-state index in [-0.39, 0.29) is 18.1 Å². The SMILES string of the molecule is [C-]#[N+]c1cccc(C(C)(C(=O)OCC)C(C#N)[N+]#[C-])n1. The van der Waals surface area contributed by atoms with Gasteiger partial charge in [-0.15, -0.1) is 4.98 Å². The highest BCUT2D eigenvalue weighted by Crippen LogP contribution is 2.31. The molecule has 0 aliphatic heterocycles. The number of nitriles is 1. The second-order valence-corrected chi connectivity index (χ2v) is 4.08. The first-order valence-corrected chi connectivity index (χ1v) is 5.83. The maximum atomic E-state index is 12.2. The monoisotopic (exact) mass is 268 g/mol. The van der Waals surface area contributed by atoms with Gasteiger partial charge in [-0.3, -0.25) is 9.64 Å². The molecule has 1 aromatic rings. The minimum absolute atomic E-state index is 0.0969. The normalized spacial score (nSPS) is 13.9. The number of ether oxygens (including phenoxy) is 1. The Kier molecular flexibility index (Phi) is 4.78. The summed E-state index contributed by atoms with van der Waals surface area (Å²) in [6.45, 7) is 17.3. The lowest BCUT2D eigenvalue weighted by atomic mass is 9.79. The van der Waals surface area contributed by atoms with Crippen molar-refractivity contribution in [2.24, 2.45) is 0 Å². The number of hydrogen-bond donors (Lipinski definition) is 0. The smallest absolute Gasteiger partial charge is 0.330 e. The van der Waals surface area contributed by atoms with E-state index in [1.54, 1.807) is 19.1 Å². The van der Waals surface area contributed by atoms with Gasteiger partial charge in [-0.2, -0.15) is 5.26 Å². The number of carbonyl (C=O) groups is 1. The summed E-state index contributed by atoms with van der Waals surface area (Å²) in [5.41, 5.74) is -1.33. The molecule has 0 spiro atoms. The highest BCUT2D eigenvalue weighted by Gasteiger charge is 2.53. The Labute approximate surface area is 117 Å². The second-order valence-electron chi connectivity index (χ2n) is 4.08. The molecule has 1 aromatic heterocycles. The van der Waals surface area contributed by atoms with E-state index in [0.717, 1.165) is 0 Å². The molecule has 0 radical (unpaired) electrons. The van der Waals surface area contributed by atoms with Crippen molar-refractivity contribution in [2.45, 2.75) is 25.3 Å². The first-order valence-electron chi connectivity index (χ1n) is 5.83. The Morgan fingerprint density at radius 3 is 2.80 bits per heavy atom. The molecule has 1 rings (SSSR count). The average Bonchev–Trinajstić information content (AvgIpc) is 2.48. The van der Waals surface area contributed by atoms with Crippen LogP contribution in [-0.2, 0) is 14.9 Å². The number of nitrogens with zero attached hydrogens (tertiary/aromatic N) is 4. The minimum Gasteiger partial charge on any atom is -0.465 e. The number of esters is 1. The van der Waals surface area contributed by atoms with Crippen LogP contribution in [0.25, 0.3) is 9.69 Å². The molecule has 2 atom stereocenters. The van der Waals surface area contributed by atoms with Crippen molar-refractivity contribution in [3.63, 3.8) is 0 Å². The van der Waals surface area contributed by atoms with Crippen molar-refractivity contribution in [3.8, 4) is 6.07 Å². The first-order chi connectivity index (χ1) is 9.54. The fourth-order valence-electron chi connectivity index (χ4n) is 1.70. The maximum absolute atomic E-state index is 12.2. The summed E-state index contributed by atoms with van der Waals surface area (Å²) in [5, 5.41) is 9.11. The van der Waals surface area contributed by atoms with Gasteiger partial charge in [0, 0.05) is 0 Å². The Morgan fingerprint density at radius 1 is 1.60 bits per heavy atom. The van der Waals surface area contributed by atoms with E-state index in [9.17, 15) is 4.79 Å². The third kappa shape index (κ3) is 2.58. The third-order valence-corrected chi connectivity index (χ3v) is 2.88. The van der Waals surface area contributed by atoms with E-state index in [4.69, 9.17) is 23.1 Å². The molecule has 0 aliphatic rings. The molecule has 0 amide bonds. The zero-order valence-corrected chi connectivity index (χ0v) is 11.1. The van der Waals surface area contributed by atoms with Gasteiger partial charge in [-0.05, 0) is 26.0 Å². The van der Waals surface area contributed by atoms with Crippen LogP contribution in [0.3, 0.4) is 0 Å². The molecule has 1 heterocycles. The van der Waals surface area contributed by atoms with Gasteiger partial charge in [0.25, 0.3) is 5.82 Å². The van der Waals surface area contributed by atoms with Crippen LogP contribution < -0.4 is 0 Å². The van der Waals surface area contributed by atoms with Crippen molar-refractivity contribution in [3.05, 3.63) is 46.7 Å². The van der Waals surface area contributed by atoms with Gasteiger partial charge in [0.2, 0.25) is 5.41 Å². The zero-order chi connectivity index (χ0) is 15.2. The fourth-order valence-corrected chi connectivity index (χ4v) is 1.70. The number of rotatable bonds is 4. The fraction of sp³-hybridized carbons (Fsp3) is 0.357. The molecule has 100 valence electrons. The van der Waals surface area contributed by atoms with Crippen LogP contribution >= 0.6 is 0 Å². The Morgan fingerprint density at radius 2 is 2.30 bits per heavy atom. The predicted molar refractivity (Wildman–Crippen MR) is 70.5 cm³/mol. The summed E-state index contributed by atoms with van der Waals surface area (Å²) in [6, 6.07) is 5.09. The number of aromatic nitrogens is 1. The van der Waals surface area contributed by atoms with Crippen molar-refractivity contribution in [1.82, 2.24) is 4.98 Å². The quantitative estimate of drug-likeness (QED) is 0.620. The molecular weight excluding hydrogens is 256 g/mol. The molecule has 0 N–H and O–H groups in total. The van der Waals surface area contributed by atoms with E-state index in [0.29, 0.717) is 0 Å². The van der Waals surface area contributed by atoms with E-state index < -0.39 is 17.4 Å². The van der Waals surface area contributed by atoms with Crippen molar-refractivity contribution in [2.75, 3.05) is 6.61 Å². The Hall–Kier alpha value is -2.91. The van der Waals surface area contributed by atoms with Gasteiger partial charge in [0.1, 0.15) is 0 Å². The molecule has 0 aromatic carbocycles. The van der Waals surface area contributed by atoms with E-state index in [1.165, 1.54) is 19.1 Å². The first kappa shape index (κ1) is 15.1. The largest absolute Gasteiger partial charge is 0.465 e. The minimum atomic E-state index is -1.52. The summed E-state index contributed by atoms with van der Waals surface area (Å²) < 4.78 is 4.97. The number of hydrogen-bond acceptors (Lipinski definition) is 4. The second kappa shape index (κ2) is 6.31. The van der Waals surface area contributed by atoms with Gasteiger partial charge in [-0.1, -0.05) is 12.6 Å². The maximum Gasteiger partial charge on any atom is 0.330 e. The number of carbonyl (C=O) groups excluding carboxylic acids is 1. The molecule has 2 unspecified atom stereocenters. The van der Waals surface area contributed by atoms with Crippen LogP contribution in [0, 0.1) is 24.5 Å². The topological polar surface area (TPSA) is 71.7 Å². The highest BCUT2D eigenvalue weighted by atomic mass is 16.5. The van der Waals surface area contributed by atoms with Gasteiger partial charge < -0.3 is 9.58 Å². The van der Waals surface area contributed by atoms with Crippen LogP contribution in [0.4, 0.5) is 5.82 Å². The van der Waals surface area contributed by atoms with Gasteiger partial charge >= 0.3 is 12.0 Å². The summed E-state index contributed by atoms with van der Waals surface area (Å²) in [7, 11) is 0. The predicted octanol–water partition coefficient (Wildman–Crippen LogP) is 2.26. The lowest BCUT2D eigenvalue weighted by molar-refractivity contribution is -0.149. The molecule has 0 bridgehead atoms. The standard InChI is InChI=1S/C14H12N4O2/c1-5-20-13(19)14(2,11(9-15)16-3)10-7-6-8-12(17-4)18-10/h6-8,11H,5H2,1-2H3. The lowest BCUT2D eigenvalue weighted by Crippen LogP contribution is -2.43. The summed E-state index contributed by atoms with van der Waals surface area (Å²) in [5.74, 6) is -0.600. The van der Waals surface area contributed by atoms with E-state index in [1.807, 2.05) is 0 Å². The Balaban J connectivity index is 3.46. The molecule has 0 saturated carbocycles. The zero-order valence-electron chi connectivity index (χ0n) is 11.1. The molecule has 0 aliphatic carbocycles. The summed E-state index contributed by atoms with van der Waals surface area (Å²) >= 11 is 0. The van der Waals surface area contributed by atoms with Crippen molar-refractivity contribution >= 4 is 11.8 Å². The highest BCUT2D eigenvalue weighted by molar-refractivity contribution is 5.84. The average molecular weight is 268 g/mol. The molecule has 0 saturated heterocycles. The van der Waals surface area contributed by atoms with Gasteiger partial charge in [0.05, 0.1) is 6.61 Å². The number of pyridine rings is 1. The molecule has 6 nitrogen and oxygen atoms in total. The molecule has 20 heavy (non-hydrogen) atoms. The van der Waals surface area contributed by atoms with Crippen molar-refractivity contribution < 1.29 is 9.53 Å². The van der Waals surface area contributed by atoms with Crippen molar-refractivity contribution in [1.29, 1.82) is 5.26 Å². The van der Waals surface area contributed by atoms with Crippen LogP contribution in [0.5, 0.6) is 0 Å².